The summed E-state index contributed by atoms with van der Waals surface area (Å²) in [6.45, 7) is 3.30. The van der Waals surface area contributed by atoms with Crippen molar-refractivity contribution in [2.24, 2.45) is 0 Å². The molecule has 1 amide bonds. The first-order valence-electron chi connectivity index (χ1n) is 8.16. The fourth-order valence-electron chi connectivity index (χ4n) is 2.65. The molecular weight excluding hydrogens is 360 g/mol. The molecule has 0 aromatic heterocycles. The zero-order valence-electron chi connectivity index (χ0n) is 15.0. The zero-order valence-corrected chi connectivity index (χ0v) is 15.0. The van der Waals surface area contributed by atoms with E-state index in [0.29, 0.717) is 0 Å². The number of ether oxygens (including phenoxy) is 1. The minimum absolute atomic E-state index is 0.164. The van der Waals surface area contributed by atoms with Gasteiger partial charge in [0.1, 0.15) is 23.4 Å². The number of carbonyl (C=O) groups is 1. The number of non-ortho nitro benzene ring substituents is 1. The van der Waals surface area contributed by atoms with Crippen LogP contribution in [0.2, 0.25) is 0 Å². The maximum Gasteiger partial charge on any atom is 0.282 e. The lowest BCUT2D eigenvalue weighted by molar-refractivity contribution is -0.710. The second-order valence-electron chi connectivity index (χ2n) is 6.07. The molecule has 2 aromatic rings. The Bertz CT molecular complexity index is 860. The van der Waals surface area contributed by atoms with Crippen LogP contribution in [0.5, 0.6) is 5.75 Å². The van der Waals surface area contributed by atoms with Crippen LogP contribution in [0, 0.1) is 21.7 Å². The number of hydrogen-bond donors (Lipinski definition) is 2. The smallest absolute Gasteiger partial charge is 0.282 e. The molecule has 0 aliphatic carbocycles. The Labute approximate surface area is 154 Å². The molecule has 0 heterocycles. The van der Waals surface area contributed by atoms with Crippen molar-refractivity contribution >= 4 is 17.3 Å². The van der Waals surface area contributed by atoms with Gasteiger partial charge in [0.05, 0.1) is 17.7 Å². The predicted octanol–water partition coefficient (Wildman–Crippen LogP) is 2.53. The normalized spacial score (nSPS) is 12.9. The van der Waals surface area contributed by atoms with E-state index in [2.05, 4.69) is 5.32 Å². The highest BCUT2D eigenvalue weighted by Crippen LogP contribution is 2.28. The summed E-state index contributed by atoms with van der Waals surface area (Å²) in [5, 5.41) is 15.1. The fourth-order valence-corrected chi connectivity index (χ4v) is 2.65. The first-order valence-corrected chi connectivity index (χ1v) is 8.16. The highest BCUT2D eigenvalue weighted by Gasteiger charge is 2.24. The summed E-state index contributed by atoms with van der Waals surface area (Å²) in [5.41, 5.74) is 0.242. The molecule has 27 heavy (non-hydrogen) atoms. The summed E-state index contributed by atoms with van der Waals surface area (Å²) >= 11 is 0. The Morgan fingerprint density at radius 1 is 1.22 bits per heavy atom. The minimum Gasteiger partial charge on any atom is -0.495 e. The molecule has 0 aliphatic heterocycles. The maximum atomic E-state index is 13.9. The Kier molecular flexibility index (Phi) is 6.40. The van der Waals surface area contributed by atoms with Gasteiger partial charge in [-0.15, -0.1) is 0 Å². The van der Waals surface area contributed by atoms with Gasteiger partial charge < -0.3 is 15.4 Å². The first-order chi connectivity index (χ1) is 12.7. The van der Waals surface area contributed by atoms with Gasteiger partial charge in [0.2, 0.25) is 0 Å². The monoisotopic (exact) mass is 380 g/mol. The van der Waals surface area contributed by atoms with Crippen molar-refractivity contribution < 1.29 is 28.6 Å². The number of nitrogens with two attached hydrogens (primary N) is 1. The molecule has 2 rings (SSSR count). The highest BCUT2D eigenvalue weighted by atomic mass is 19.1. The van der Waals surface area contributed by atoms with Crippen LogP contribution in [0.4, 0.5) is 20.2 Å². The second kappa shape index (κ2) is 8.54. The van der Waals surface area contributed by atoms with E-state index in [1.807, 2.05) is 0 Å². The average Bonchev–Trinajstić information content (AvgIpc) is 2.61. The van der Waals surface area contributed by atoms with Crippen molar-refractivity contribution in [2.75, 3.05) is 12.4 Å². The van der Waals surface area contributed by atoms with E-state index in [4.69, 9.17) is 4.74 Å². The van der Waals surface area contributed by atoms with Crippen molar-refractivity contribution in [3.63, 3.8) is 0 Å². The molecule has 2 atom stereocenters. The molecule has 0 aliphatic rings. The molecule has 9 heteroatoms. The van der Waals surface area contributed by atoms with E-state index < -0.39 is 34.5 Å². The van der Waals surface area contributed by atoms with Gasteiger partial charge in [0, 0.05) is 23.8 Å². The molecule has 0 unspecified atom stereocenters. The number of carbonyl (C=O) groups excluding carboxylic acids is 1. The van der Waals surface area contributed by atoms with E-state index >= 15 is 0 Å². The third kappa shape index (κ3) is 4.98. The number of nitrogens with zero attached hydrogens (tertiary/aromatic N) is 1. The lowest BCUT2D eigenvalue weighted by atomic mass is 10.1. The molecule has 3 N–H and O–H groups in total. The number of benzene rings is 2. The number of nitro benzene ring substituents is 1. The average molecular weight is 380 g/mol. The number of hydrogen-bond acceptors (Lipinski definition) is 4. The van der Waals surface area contributed by atoms with Crippen LogP contribution in [-0.2, 0) is 4.79 Å². The van der Waals surface area contributed by atoms with Crippen LogP contribution in [0.15, 0.2) is 36.4 Å². The van der Waals surface area contributed by atoms with Gasteiger partial charge in [0.15, 0.2) is 6.04 Å². The van der Waals surface area contributed by atoms with Crippen molar-refractivity contribution in [3.8, 4) is 5.75 Å². The molecule has 0 fully saturated rings. The number of methoxy groups -OCH3 is 1. The van der Waals surface area contributed by atoms with Crippen molar-refractivity contribution in [2.45, 2.75) is 25.9 Å². The SMILES string of the molecule is COc1ccc([N+](=O)[O-])cc1NC(=O)[C@H](C)[NH2+][C@H](C)c1ccc(F)cc1F. The standard InChI is InChI=1S/C18H19F2N3O4/c1-10(14-6-4-12(19)8-15(14)20)21-11(2)18(24)22-16-9-13(23(25)26)5-7-17(16)27-3/h4-11,21H,1-3H3,(H,22,24)/p+1/t10-,11+/m1/s1. The topological polar surface area (TPSA) is 98.1 Å². The number of rotatable bonds is 7. The summed E-state index contributed by atoms with van der Waals surface area (Å²) in [5.74, 6) is -1.53. The van der Waals surface area contributed by atoms with Gasteiger partial charge in [-0.2, -0.15) is 0 Å². The molecule has 0 bridgehead atoms. The number of anilines is 1. The Morgan fingerprint density at radius 2 is 1.93 bits per heavy atom. The van der Waals surface area contributed by atoms with Gasteiger partial charge in [-0.1, -0.05) is 0 Å². The number of quaternary nitrogens is 1. The van der Waals surface area contributed by atoms with E-state index in [1.54, 1.807) is 19.2 Å². The third-order valence-electron chi connectivity index (χ3n) is 4.10. The molecule has 7 nitrogen and oxygen atoms in total. The van der Waals surface area contributed by atoms with E-state index in [0.717, 1.165) is 12.1 Å². The molecule has 0 radical (unpaired) electrons. The van der Waals surface area contributed by atoms with Crippen LogP contribution < -0.4 is 15.4 Å². The van der Waals surface area contributed by atoms with Crippen LogP contribution in [0.1, 0.15) is 25.5 Å². The summed E-state index contributed by atoms with van der Waals surface area (Å²) in [4.78, 5) is 22.8. The molecule has 0 saturated heterocycles. The van der Waals surface area contributed by atoms with Crippen molar-refractivity contribution in [1.82, 2.24) is 0 Å². The molecule has 0 spiro atoms. The first kappa shape index (κ1) is 20.2. The van der Waals surface area contributed by atoms with Gasteiger partial charge in [-0.05, 0) is 32.0 Å². The summed E-state index contributed by atoms with van der Waals surface area (Å²) in [7, 11) is 1.38. The maximum absolute atomic E-state index is 13.9. The molecule has 144 valence electrons. The lowest BCUT2D eigenvalue weighted by Crippen LogP contribution is -2.91. The van der Waals surface area contributed by atoms with Gasteiger partial charge in [-0.25, -0.2) is 8.78 Å². The van der Waals surface area contributed by atoms with Gasteiger partial charge in [0.25, 0.3) is 11.6 Å². The van der Waals surface area contributed by atoms with E-state index in [9.17, 15) is 23.7 Å². The summed E-state index contributed by atoms with van der Waals surface area (Å²) < 4.78 is 32.0. The summed E-state index contributed by atoms with van der Waals surface area (Å²) in [6, 6.07) is 6.04. The highest BCUT2D eigenvalue weighted by molar-refractivity contribution is 5.95. The Balaban J connectivity index is 2.11. The van der Waals surface area contributed by atoms with Crippen LogP contribution in [-0.4, -0.2) is 24.0 Å². The number of halogens is 2. The van der Waals surface area contributed by atoms with Crippen LogP contribution >= 0.6 is 0 Å². The van der Waals surface area contributed by atoms with Gasteiger partial charge >= 0.3 is 0 Å². The lowest BCUT2D eigenvalue weighted by Gasteiger charge is -2.18. The Hall–Kier alpha value is -3.07. The third-order valence-corrected chi connectivity index (χ3v) is 4.10. The largest absolute Gasteiger partial charge is 0.495 e. The quantitative estimate of drug-likeness (QED) is 0.570. The Morgan fingerprint density at radius 3 is 2.52 bits per heavy atom. The molecule has 0 saturated carbocycles. The van der Waals surface area contributed by atoms with Gasteiger partial charge in [-0.3, -0.25) is 14.9 Å². The fraction of sp³-hybridized carbons (Fsp3) is 0.278. The van der Waals surface area contributed by atoms with Crippen LogP contribution in [0.3, 0.4) is 0 Å². The summed E-state index contributed by atoms with van der Waals surface area (Å²) in [6.07, 6.45) is 0. The minimum atomic E-state index is -0.688. The predicted molar refractivity (Wildman–Crippen MR) is 94.4 cm³/mol. The number of nitrogens with one attached hydrogen (secondary N) is 1. The molecular formula is C18H20F2N3O4+. The van der Waals surface area contributed by atoms with Crippen molar-refractivity contribution in [3.05, 3.63) is 63.7 Å². The zero-order chi connectivity index (χ0) is 20.1. The van der Waals surface area contributed by atoms with Crippen LogP contribution in [0.25, 0.3) is 0 Å². The van der Waals surface area contributed by atoms with Crippen molar-refractivity contribution in [1.29, 1.82) is 0 Å². The number of amides is 1. The second-order valence-corrected chi connectivity index (χ2v) is 6.07. The number of nitro groups is 1. The molecule has 2 aromatic carbocycles. The van der Waals surface area contributed by atoms with E-state index in [1.165, 1.54) is 31.4 Å². The van der Waals surface area contributed by atoms with E-state index in [-0.39, 0.29) is 22.7 Å².